The maximum atomic E-state index is 13.7. The Hall–Kier alpha value is -3.98. The fraction of sp³-hybridized carbons (Fsp3) is 0.286. The van der Waals surface area contributed by atoms with Crippen molar-refractivity contribution < 1.29 is 19.1 Å². The third-order valence-corrected chi connectivity index (χ3v) is 7.67. The number of carbonyl (C=O) groups is 2. The van der Waals surface area contributed by atoms with Crippen LogP contribution in [0.25, 0.3) is 10.2 Å². The average Bonchev–Trinajstić information content (AvgIpc) is 3.51. The number of urea groups is 1. The Morgan fingerprint density at radius 3 is 2.65 bits per heavy atom. The van der Waals surface area contributed by atoms with E-state index < -0.39 is 0 Å². The first-order valence-electron chi connectivity index (χ1n) is 12.2. The van der Waals surface area contributed by atoms with E-state index in [1.165, 1.54) is 0 Å². The van der Waals surface area contributed by atoms with Crippen molar-refractivity contribution in [2.45, 2.75) is 19.5 Å². The smallest absolute Gasteiger partial charge is 0.322 e. The van der Waals surface area contributed by atoms with Crippen molar-refractivity contribution in [1.29, 1.82) is 0 Å². The number of ether oxygens (including phenoxy) is 2. The highest BCUT2D eigenvalue weighted by Crippen LogP contribution is 2.29. The molecule has 0 bridgehead atoms. The van der Waals surface area contributed by atoms with Crippen molar-refractivity contribution in [3.63, 3.8) is 0 Å². The van der Waals surface area contributed by atoms with Crippen LogP contribution in [0.4, 0.5) is 10.5 Å². The van der Waals surface area contributed by atoms with Crippen LogP contribution in [0.1, 0.15) is 23.0 Å². The first-order chi connectivity index (χ1) is 18.0. The third-order valence-electron chi connectivity index (χ3n) is 6.72. The maximum Gasteiger partial charge on any atom is 0.322 e. The molecule has 1 aliphatic rings. The zero-order chi connectivity index (χ0) is 25.9. The number of methoxy groups -OCH3 is 2. The normalized spacial score (nSPS) is 15.6. The van der Waals surface area contributed by atoms with Crippen molar-refractivity contribution in [2.75, 3.05) is 39.2 Å². The highest BCUT2D eigenvalue weighted by Gasteiger charge is 2.32. The number of para-hydroxylation sites is 2. The first kappa shape index (κ1) is 24.7. The van der Waals surface area contributed by atoms with E-state index in [1.807, 2.05) is 71.8 Å². The van der Waals surface area contributed by atoms with Gasteiger partial charge in [0.1, 0.15) is 22.0 Å². The molecule has 0 radical (unpaired) electrons. The van der Waals surface area contributed by atoms with Crippen molar-refractivity contribution in [3.05, 3.63) is 77.3 Å². The van der Waals surface area contributed by atoms with Crippen LogP contribution in [0.3, 0.4) is 0 Å². The average molecular weight is 519 g/mol. The van der Waals surface area contributed by atoms with Crippen LogP contribution in [-0.4, -0.2) is 66.2 Å². The number of rotatable bonds is 6. The molecular weight excluding hydrogens is 488 g/mol. The van der Waals surface area contributed by atoms with E-state index in [0.29, 0.717) is 43.3 Å². The Balaban J connectivity index is 1.32. The molecule has 2 aromatic heterocycles. The van der Waals surface area contributed by atoms with Gasteiger partial charge >= 0.3 is 6.03 Å². The third kappa shape index (κ3) is 4.99. The summed E-state index contributed by atoms with van der Waals surface area (Å²) in [5, 5.41) is 6.04. The molecule has 3 amide bonds. The van der Waals surface area contributed by atoms with Gasteiger partial charge in [0.05, 0.1) is 19.9 Å². The summed E-state index contributed by atoms with van der Waals surface area (Å²) in [5.74, 6) is 1.37. The minimum absolute atomic E-state index is 0.0251. The van der Waals surface area contributed by atoms with Gasteiger partial charge in [-0.3, -0.25) is 4.79 Å². The molecular formula is C28H30N4O4S. The summed E-state index contributed by atoms with van der Waals surface area (Å²) >= 11 is 1.63. The summed E-state index contributed by atoms with van der Waals surface area (Å²) in [6.07, 6.45) is 0. The molecule has 9 heteroatoms. The highest BCUT2D eigenvalue weighted by atomic mass is 32.1. The second-order valence-electron chi connectivity index (χ2n) is 9.07. The number of hydrogen-bond acceptors (Lipinski definition) is 5. The van der Waals surface area contributed by atoms with Crippen LogP contribution < -0.4 is 14.8 Å². The predicted molar refractivity (Wildman–Crippen MR) is 146 cm³/mol. The predicted octanol–water partition coefficient (Wildman–Crippen LogP) is 5.15. The van der Waals surface area contributed by atoms with Crippen LogP contribution in [-0.2, 0) is 6.54 Å². The molecule has 192 valence electrons. The van der Waals surface area contributed by atoms with Gasteiger partial charge in [0.2, 0.25) is 0 Å². The van der Waals surface area contributed by atoms with Crippen molar-refractivity contribution in [3.8, 4) is 11.5 Å². The molecule has 1 unspecified atom stereocenters. The Bertz CT molecular complexity index is 1430. The molecule has 1 saturated heterocycles. The van der Waals surface area contributed by atoms with Gasteiger partial charge in [-0.25, -0.2) is 4.79 Å². The Kier molecular flexibility index (Phi) is 7.05. The second kappa shape index (κ2) is 10.6. The number of amides is 3. The van der Waals surface area contributed by atoms with Crippen LogP contribution >= 0.6 is 11.3 Å². The molecule has 2 aromatic carbocycles. The van der Waals surface area contributed by atoms with Gasteiger partial charge in [0.15, 0.2) is 0 Å². The summed E-state index contributed by atoms with van der Waals surface area (Å²) in [6.45, 7) is 3.89. The van der Waals surface area contributed by atoms with E-state index in [-0.39, 0.29) is 18.0 Å². The lowest BCUT2D eigenvalue weighted by molar-refractivity contribution is 0.0583. The van der Waals surface area contributed by atoms with Crippen molar-refractivity contribution in [1.82, 2.24) is 14.4 Å². The van der Waals surface area contributed by atoms with Gasteiger partial charge < -0.3 is 29.2 Å². The number of benzene rings is 2. The fourth-order valence-corrected chi connectivity index (χ4v) is 5.70. The largest absolute Gasteiger partial charge is 0.497 e. The van der Waals surface area contributed by atoms with Crippen molar-refractivity contribution in [2.24, 2.45) is 0 Å². The van der Waals surface area contributed by atoms with E-state index in [9.17, 15) is 9.59 Å². The van der Waals surface area contributed by atoms with E-state index in [0.717, 1.165) is 21.5 Å². The van der Waals surface area contributed by atoms with E-state index in [1.54, 1.807) is 36.5 Å². The summed E-state index contributed by atoms with van der Waals surface area (Å²) in [5.41, 5.74) is 2.34. The lowest BCUT2D eigenvalue weighted by atomic mass is 10.1. The Labute approximate surface area is 220 Å². The van der Waals surface area contributed by atoms with Gasteiger partial charge in [0.25, 0.3) is 5.91 Å². The van der Waals surface area contributed by atoms with Gasteiger partial charge in [-0.05, 0) is 54.3 Å². The van der Waals surface area contributed by atoms with Crippen LogP contribution in [0.5, 0.6) is 11.5 Å². The highest BCUT2D eigenvalue weighted by molar-refractivity contribution is 7.16. The molecule has 1 atom stereocenters. The molecule has 0 spiro atoms. The summed E-state index contributed by atoms with van der Waals surface area (Å²) < 4.78 is 12.8. The number of thiophene rings is 1. The number of nitrogens with zero attached hydrogens (tertiary/aromatic N) is 3. The van der Waals surface area contributed by atoms with Gasteiger partial charge in [-0.2, -0.15) is 0 Å². The number of nitrogens with one attached hydrogen (secondary N) is 1. The number of anilines is 1. The lowest BCUT2D eigenvalue weighted by Crippen LogP contribution is -2.56. The standard InChI is InChI=1S/C28H30N4O4S/c1-19-17-30(12-13-31(19)28(34)29-23-9-4-5-10-25(23)36-3)26(33)24-16-21-11-14-37-27(21)32(24)18-20-7-6-8-22(15-20)35-2/h4-11,14-16,19H,12-13,17-18H2,1-3H3,(H,29,34). The number of aromatic nitrogens is 1. The number of fused-ring (bicyclic) bond motifs is 1. The molecule has 3 heterocycles. The zero-order valence-corrected chi connectivity index (χ0v) is 22.0. The Morgan fingerprint density at radius 2 is 1.86 bits per heavy atom. The Morgan fingerprint density at radius 1 is 1.03 bits per heavy atom. The molecule has 0 saturated carbocycles. The minimum atomic E-state index is -0.203. The van der Waals surface area contributed by atoms with E-state index in [2.05, 4.69) is 9.88 Å². The molecule has 4 aromatic rings. The monoisotopic (exact) mass is 518 g/mol. The molecule has 5 rings (SSSR count). The first-order valence-corrected chi connectivity index (χ1v) is 13.1. The molecule has 8 nitrogen and oxygen atoms in total. The van der Waals surface area contributed by atoms with Gasteiger partial charge in [0, 0.05) is 37.6 Å². The molecule has 1 fully saturated rings. The fourth-order valence-electron chi connectivity index (χ4n) is 4.80. The summed E-state index contributed by atoms with van der Waals surface area (Å²) in [7, 11) is 3.23. The number of piperazine rings is 1. The number of carbonyl (C=O) groups excluding carboxylic acids is 2. The molecule has 1 N–H and O–H groups in total. The second-order valence-corrected chi connectivity index (χ2v) is 9.97. The number of hydrogen-bond donors (Lipinski definition) is 1. The van der Waals surface area contributed by atoms with Gasteiger partial charge in [-0.1, -0.05) is 24.3 Å². The van der Waals surface area contributed by atoms with E-state index >= 15 is 0 Å². The van der Waals surface area contributed by atoms with Crippen LogP contribution in [0.2, 0.25) is 0 Å². The van der Waals surface area contributed by atoms with Crippen molar-refractivity contribution >= 4 is 39.2 Å². The zero-order valence-electron chi connectivity index (χ0n) is 21.1. The van der Waals surface area contributed by atoms with Crippen LogP contribution in [0, 0.1) is 0 Å². The van der Waals surface area contributed by atoms with Crippen LogP contribution in [0.15, 0.2) is 66.0 Å². The minimum Gasteiger partial charge on any atom is -0.497 e. The molecule has 0 aliphatic carbocycles. The summed E-state index contributed by atoms with van der Waals surface area (Å²) in [6, 6.07) is 18.9. The topological polar surface area (TPSA) is 76.0 Å². The lowest BCUT2D eigenvalue weighted by Gasteiger charge is -2.39. The molecule has 1 aliphatic heterocycles. The van der Waals surface area contributed by atoms with E-state index in [4.69, 9.17) is 9.47 Å². The molecule has 37 heavy (non-hydrogen) atoms. The van der Waals surface area contributed by atoms with Gasteiger partial charge in [-0.15, -0.1) is 11.3 Å². The quantitative estimate of drug-likeness (QED) is 0.383. The summed E-state index contributed by atoms with van der Waals surface area (Å²) in [4.78, 5) is 31.5. The SMILES string of the molecule is COc1cccc(Cn2c(C(=O)N3CCN(C(=O)Nc4ccccc4OC)C(C)C3)cc3ccsc32)c1. The maximum absolute atomic E-state index is 13.7.